The van der Waals surface area contributed by atoms with Gasteiger partial charge in [-0.2, -0.15) is 0 Å². The molecular formula is C29H40Cl2NO5P. The van der Waals surface area contributed by atoms with Crippen molar-refractivity contribution in [2.24, 2.45) is 0 Å². The molecule has 0 unspecified atom stereocenters. The van der Waals surface area contributed by atoms with Crippen LogP contribution in [-0.2, 0) is 25.6 Å². The first kappa shape index (κ1) is 29.7. The fraction of sp³-hybridized carbons (Fsp3) is 0.586. The van der Waals surface area contributed by atoms with Crippen molar-refractivity contribution in [3.63, 3.8) is 0 Å². The summed E-state index contributed by atoms with van der Waals surface area (Å²) in [5, 5.41) is 1.18. The maximum atomic E-state index is 13.6. The molecule has 9 heteroatoms. The number of benzene rings is 2. The van der Waals surface area contributed by atoms with Gasteiger partial charge in [0, 0.05) is 39.2 Å². The van der Waals surface area contributed by atoms with E-state index in [4.69, 9.17) is 41.7 Å². The third kappa shape index (κ3) is 7.47. The second-order valence-corrected chi connectivity index (χ2v) is 15.1. The van der Waals surface area contributed by atoms with Crippen molar-refractivity contribution in [1.29, 1.82) is 0 Å². The van der Waals surface area contributed by atoms with Crippen molar-refractivity contribution in [2.75, 3.05) is 32.4 Å². The molecule has 0 radical (unpaired) electrons. The van der Waals surface area contributed by atoms with Gasteiger partial charge in [-0.05, 0) is 85.7 Å². The zero-order valence-corrected chi connectivity index (χ0v) is 25.7. The Kier molecular flexibility index (Phi) is 8.84. The molecule has 4 rings (SSSR count). The molecule has 6 nitrogen and oxygen atoms in total. The molecule has 0 amide bonds. The van der Waals surface area contributed by atoms with Crippen LogP contribution < -0.4 is 9.47 Å². The highest BCUT2D eigenvalue weighted by Gasteiger charge is 2.44. The SMILES string of the molecule is CC(C)(C)OP(=O)(CCN1CCC2(CC1)COc1cc(OCc3c(Cl)cccc3Cl)ccc12)OC(C)(C)C. The van der Waals surface area contributed by atoms with E-state index >= 15 is 0 Å². The summed E-state index contributed by atoms with van der Waals surface area (Å²) in [5.74, 6) is 1.60. The normalized spacial score (nSPS) is 17.9. The molecule has 0 atom stereocenters. The van der Waals surface area contributed by atoms with E-state index < -0.39 is 18.8 Å². The molecule has 0 bridgehead atoms. The smallest absolute Gasteiger partial charge is 0.332 e. The molecule has 2 aromatic carbocycles. The Labute approximate surface area is 237 Å². The van der Waals surface area contributed by atoms with E-state index in [1.807, 2.05) is 71.9 Å². The maximum Gasteiger partial charge on any atom is 0.332 e. The van der Waals surface area contributed by atoms with Gasteiger partial charge in [0.25, 0.3) is 0 Å². The van der Waals surface area contributed by atoms with Gasteiger partial charge in [0.15, 0.2) is 0 Å². The van der Waals surface area contributed by atoms with Crippen molar-refractivity contribution < 1.29 is 23.1 Å². The average Bonchev–Trinajstić information content (AvgIpc) is 3.13. The number of fused-ring (bicyclic) bond motifs is 2. The summed E-state index contributed by atoms with van der Waals surface area (Å²) in [4.78, 5) is 2.36. The maximum absolute atomic E-state index is 13.6. The lowest BCUT2D eigenvalue weighted by Gasteiger charge is -2.39. The van der Waals surface area contributed by atoms with E-state index in [0.29, 0.717) is 36.0 Å². The van der Waals surface area contributed by atoms with Gasteiger partial charge in [-0.3, -0.25) is 4.57 Å². The lowest BCUT2D eigenvalue weighted by molar-refractivity contribution is 0.0473. The molecule has 0 saturated carbocycles. The van der Waals surface area contributed by atoms with E-state index in [0.717, 1.165) is 43.0 Å². The van der Waals surface area contributed by atoms with Crippen molar-refractivity contribution in [2.45, 2.75) is 77.6 Å². The fourth-order valence-corrected chi connectivity index (χ4v) is 8.02. The second kappa shape index (κ2) is 11.3. The molecule has 0 aliphatic carbocycles. The minimum Gasteiger partial charge on any atom is -0.492 e. The molecule has 2 heterocycles. The van der Waals surface area contributed by atoms with Crippen LogP contribution >= 0.6 is 30.8 Å². The van der Waals surface area contributed by atoms with E-state index in [2.05, 4.69) is 11.0 Å². The molecule has 38 heavy (non-hydrogen) atoms. The van der Waals surface area contributed by atoms with Crippen LogP contribution in [0, 0.1) is 0 Å². The lowest BCUT2D eigenvalue weighted by Crippen LogP contribution is -2.44. The van der Waals surface area contributed by atoms with Gasteiger partial charge in [-0.15, -0.1) is 0 Å². The average molecular weight is 585 g/mol. The highest BCUT2D eigenvalue weighted by atomic mass is 35.5. The summed E-state index contributed by atoms with van der Waals surface area (Å²) < 4.78 is 37.7. The molecule has 2 aromatic rings. The number of ether oxygens (including phenoxy) is 2. The van der Waals surface area contributed by atoms with Gasteiger partial charge in [0.1, 0.15) is 18.1 Å². The van der Waals surface area contributed by atoms with Crippen molar-refractivity contribution in [3.05, 3.63) is 57.6 Å². The van der Waals surface area contributed by atoms with Crippen LogP contribution in [0.4, 0.5) is 0 Å². The molecular weight excluding hydrogens is 544 g/mol. The third-order valence-electron chi connectivity index (χ3n) is 6.80. The van der Waals surface area contributed by atoms with Crippen molar-refractivity contribution in [3.8, 4) is 11.5 Å². The number of piperidine rings is 1. The summed E-state index contributed by atoms with van der Waals surface area (Å²) >= 11 is 12.6. The van der Waals surface area contributed by atoms with Gasteiger partial charge in [-0.1, -0.05) is 35.3 Å². The van der Waals surface area contributed by atoms with Crippen LogP contribution in [-0.4, -0.2) is 48.5 Å². The van der Waals surface area contributed by atoms with E-state index in [1.54, 1.807) is 0 Å². The van der Waals surface area contributed by atoms with Gasteiger partial charge in [-0.25, -0.2) is 0 Å². The monoisotopic (exact) mass is 583 g/mol. The number of likely N-dealkylation sites (tertiary alicyclic amines) is 1. The molecule has 1 saturated heterocycles. The first-order valence-electron chi connectivity index (χ1n) is 13.2. The van der Waals surface area contributed by atoms with Crippen molar-refractivity contribution >= 4 is 30.8 Å². The zero-order valence-electron chi connectivity index (χ0n) is 23.3. The van der Waals surface area contributed by atoms with Crippen LogP contribution in [0.5, 0.6) is 11.5 Å². The summed E-state index contributed by atoms with van der Waals surface area (Å²) in [6.45, 7) is 14.9. The lowest BCUT2D eigenvalue weighted by atomic mass is 9.74. The molecule has 0 aromatic heterocycles. The molecule has 2 aliphatic rings. The second-order valence-electron chi connectivity index (χ2n) is 12.3. The van der Waals surface area contributed by atoms with Gasteiger partial charge in [0.2, 0.25) is 0 Å². The van der Waals surface area contributed by atoms with Crippen LogP contribution in [0.25, 0.3) is 0 Å². The molecule has 0 N–H and O–H groups in total. The predicted molar refractivity (Wildman–Crippen MR) is 154 cm³/mol. The van der Waals surface area contributed by atoms with Gasteiger partial charge >= 0.3 is 7.60 Å². The first-order valence-corrected chi connectivity index (χ1v) is 15.7. The highest BCUT2D eigenvalue weighted by molar-refractivity contribution is 7.53. The van der Waals surface area contributed by atoms with Gasteiger partial charge in [0.05, 0.1) is 24.0 Å². The zero-order chi connectivity index (χ0) is 27.8. The van der Waals surface area contributed by atoms with Gasteiger partial charge < -0.3 is 23.4 Å². The fourth-order valence-electron chi connectivity index (χ4n) is 5.10. The van der Waals surface area contributed by atoms with Crippen LogP contribution in [0.15, 0.2) is 36.4 Å². The highest BCUT2D eigenvalue weighted by Crippen LogP contribution is 2.54. The predicted octanol–water partition coefficient (Wildman–Crippen LogP) is 8.12. The number of hydrogen-bond acceptors (Lipinski definition) is 6. The molecule has 210 valence electrons. The largest absolute Gasteiger partial charge is 0.492 e. The molecule has 1 spiro atoms. The summed E-state index contributed by atoms with van der Waals surface area (Å²) in [7, 11) is -3.25. The van der Waals surface area contributed by atoms with Crippen LogP contribution in [0.2, 0.25) is 10.0 Å². The first-order chi connectivity index (χ1) is 17.7. The van der Waals surface area contributed by atoms with Crippen molar-refractivity contribution in [1.82, 2.24) is 4.90 Å². The number of nitrogens with zero attached hydrogens (tertiary/aromatic N) is 1. The summed E-state index contributed by atoms with van der Waals surface area (Å²) in [6.07, 6.45) is 2.32. The van der Waals surface area contributed by atoms with E-state index in [9.17, 15) is 4.57 Å². The minimum atomic E-state index is -3.25. The quantitative estimate of drug-likeness (QED) is 0.292. The number of rotatable bonds is 8. The van der Waals surface area contributed by atoms with Crippen LogP contribution in [0.1, 0.15) is 65.5 Å². The standard InChI is InChI=1S/C29H40Cl2NO5P/c1-27(2,3)36-38(33,37-28(4,5)6)17-16-32-14-12-29(13-15-32)20-35-26-18-21(10-11-23(26)29)34-19-22-24(30)8-7-9-25(22)31/h7-11,18H,12-17,19-20H2,1-6H3. The Morgan fingerprint density at radius 2 is 1.58 bits per heavy atom. The molecule has 1 fully saturated rings. The Balaban J connectivity index is 1.36. The summed E-state index contributed by atoms with van der Waals surface area (Å²) in [6, 6.07) is 11.5. The number of halogens is 2. The molecule has 2 aliphatic heterocycles. The Hall–Kier alpha value is -1.27. The topological polar surface area (TPSA) is 57.2 Å². The Bertz CT molecular complexity index is 1140. The van der Waals surface area contributed by atoms with E-state index in [-0.39, 0.29) is 5.41 Å². The van der Waals surface area contributed by atoms with E-state index in [1.165, 1.54) is 5.56 Å². The Morgan fingerprint density at radius 1 is 0.974 bits per heavy atom. The third-order valence-corrected chi connectivity index (χ3v) is 9.91. The minimum absolute atomic E-state index is 0.01000. The number of hydrogen-bond donors (Lipinski definition) is 0. The van der Waals surface area contributed by atoms with Crippen LogP contribution in [0.3, 0.4) is 0 Å². The summed E-state index contributed by atoms with van der Waals surface area (Å²) in [5.41, 5.74) is 0.910. The Morgan fingerprint density at radius 3 is 2.16 bits per heavy atom.